The third kappa shape index (κ3) is 2.88. The molecule has 2 heterocycles. The number of Topliss-reactive ketones (excluding diaryl/α,β-unsaturated/α-hetero) is 1. The van der Waals surface area contributed by atoms with Crippen molar-refractivity contribution in [3.8, 4) is 0 Å². The summed E-state index contributed by atoms with van der Waals surface area (Å²) in [7, 11) is 4.19. The lowest BCUT2D eigenvalue weighted by Crippen LogP contribution is -2.38. The van der Waals surface area contributed by atoms with E-state index < -0.39 is 0 Å². The third-order valence-electron chi connectivity index (χ3n) is 3.40. The highest BCUT2D eigenvalue weighted by Crippen LogP contribution is 2.24. The van der Waals surface area contributed by atoms with Gasteiger partial charge in [-0.2, -0.15) is 0 Å². The molecule has 0 aliphatic carbocycles. The number of pyridine rings is 1. The van der Waals surface area contributed by atoms with E-state index in [0.29, 0.717) is 6.04 Å². The van der Waals surface area contributed by atoms with Crippen LogP contribution in [-0.2, 0) is 0 Å². The predicted molar refractivity (Wildman–Crippen MR) is 73.2 cm³/mol. The second-order valence-electron chi connectivity index (χ2n) is 5.21. The van der Waals surface area contributed by atoms with Gasteiger partial charge >= 0.3 is 0 Å². The van der Waals surface area contributed by atoms with Crippen molar-refractivity contribution in [3.63, 3.8) is 0 Å². The van der Waals surface area contributed by atoms with Gasteiger partial charge in [0.25, 0.3) is 0 Å². The Hall–Kier alpha value is -1.42. The molecule has 4 nitrogen and oxygen atoms in total. The van der Waals surface area contributed by atoms with E-state index in [0.717, 1.165) is 24.5 Å². The molecule has 0 bridgehead atoms. The third-order valence-corrected chi connectivity index (χ3v) is 3.40. The molecule has 0 radical (unpaired) electrons. The van der Waals surface area contributed by atoms with E-state index in [-0.39, 0.29) is 5.78 Å². The Labute approximate surface area is 109 Å². The molecule has 1 unspecified atom stereocenters. The van der Waals surface area contributed by atoms with Gasteiger partial charge in [-0.05, 0) is 46.0 Å². The lowest BCUT2D eigenvalue weighted by Gasteiger charge is -2.28. The summed E-state index contributed by atoms with van der Waals surface area (Å²) < 4.78 is 0. The lowest BCUT2D eigenvalue weighted by atomic mass is 10.2. The Bertz CT molecular complexity index is 431. The number of ketones is 1. The van der Waals surface area contributed by atoms with Crippen LogP contribution in [0.2, 0.25) is 0 Å². The normalized spacial score (nSPS) is 19.6. The smallest absolute Gasteiger partial charge is 0.159 e. The first kappa shape index (κ1) is 13.0. The summed E-state index contributed by atoms with van der Waals surface area (Å²) in [6, 6.07) is 4.20. The molecule has 0 N–H and O–H groups in total. The minimum absolute atomic E-state index is 0.0991. The Balaban J connectivity index is 2.19. The van der Waals surface area contributed by atoms with Crippen LogP contribution in [0.5, 0.6) is 0 Å². The van der Waals surface area contributed by atoms with Gasteiger partial charge in [-0.1, -0.05) is 0 Å². The molecule has 18 heavy (non-hydrogen) atoms. The number of rotatable bonds is 4. The molecule has 0 spiro atoms. The van der Waals surface area contributed by atoms with Crippen LogP contribution in [0, 0.1) is 0 Å². The summed E-state index contributed by atoms with van der Waals surface area (Å²) in [6.07, 6.45) is 4.13. The molecular weight excluding hydrogens is 226 g/mol. The van der Waals surface area contributed by atoms with Gasteiger partial charge in [-0.3, -0.25) is 4.79 Å². The topological polar surface area (TPSA) is 36.4 Å². The van der Waals surface area contributed by atoms with Crippen molar-refractivity contribution in [2.45, 2.75) is 25.8 Å². The lowest BCUT2D eigenvalue weighted by molar-refractivity contribution is 0.101. The van der Waals surface area contributed by atoms with Crippen molar-refractivity contribution in [1.29, 1.82) is 0 Å². The maximum Gasteiger partial charge on any atom is 0.159 e. The van der Waals surface area contributed by atoms with Gasteiger partial charge in [0.15, 0.2) is 5.78 Å². The maximum absolute atomic E-state index is 11.4. The van der Waals surface area contributed by atoms with E-state index in [2.05, 4.69) is 28.9 Å². The fourth-order valence-electron chi connectivity index (χ4n) is 2.54. The van der Waals surface area contributed by atoms with Crippen molar-refractivity contribution in [3.05, 3.63) is 23.9 Å². The molecular formula is C14H21N3O. The van der Waals surface area contributed by atoms with Gasteiger partial charge in [-0.25, -0.2) is 4.98 Å². The first-order valence-electron chi connectivity index (χ1n) is 6.46. The Morgan fingerprint density at radius 1 is 1.56 bits per heavy atom. The summed E-state index contributed by atoms with van der Waals surface area (Å²) in [6.45, 7) is 3.67. The van der Waals surface area contributed by atoms with Crippen molar-refractivity contribution in [1.82, 2.24) is 9.88 Å². The van der Waals surface area contributed by atoms with E-state index in [1.165, 1.54) is 12.8 Å². The molecule has 4 heteroatoms. The largest absolute Gasteiger partial charge is 0.352 e. The van der Waals surface area contributed by atoms with Gasteiger partial charge in [0.1, 0.15) is 5.82 Å². The second-order valence-corrected chi connectivity index (χ2v) is 5.21. The molecule has 1 saturated heterocycles. The predicted octanol–water partition coefficient (Wildman–Crippen LogP) is 1.81. The quantitative estimate of drug-likeness (QED) is 0.760. The molecule has 2 rings (SSSR count). The van der Waals surface area contributed by atoms with Crippen LogP contribution >= 0.6 is 0 Å². The summed E-state index contributed by atoms with van der Waals surface area (Å²) in [5.41, 5.74) is 0.746. The molecule has 1 aliphatic heterocycles. The highest BCUT2D eigenvalue weighted by Gasteiger charge is 2.26. The Morgan fingerprint density at radius 2 is 2.33 bits per heavy atom. The molecule has 0 amide bonds. The molecule has 0 aromatic carbocycles. The van der Waals surface area contributed by atoms with Crippen LogP contribution in [0.1, 0.15) is 30.1 Å². The van der Waals surface area contributed by atoms with Gasteiger partial charge in [0, 0.05) is 30.9 Å². The zero-order valence-corrected chi connectivity index (χ0v) is 11.4. The van der Waals surface area contributed by atoms with Crippen LogP contribution in [0.25, 0.3) is 0 Å². The van der Waals surface area contributed by atoms with Crippen LogP contribution < -0.4 is 4.90 Å². The summed E-state index contributed by atoms with van der Waals surface area (Å²) in [4.78, 5) is 20.4. The second kappa shape index (κ2) is 5.48. The van der Waals surface area contributed by atoms with E-state index in [1.807, 2.05) is 6.07 Å². The first-order valence-corrected chi connectivity index (χ1v) is 6.46. The van der Waals surface area contributed by atoms with E-state index in [4.69, 9.17) is 0 Å². The summed E-state index contributed by atoms with van der Waals surface area (Å²) >= 11 is 0. The van der Waals surface area contributed by atoms with Crippen LogP contribution in [0.4, 0.5) is 5.82 Å². The van der Waals surface area contributed by atoms with Crippen molar-refractivity contribution in [2.24, 2.45) is 0 Å². The number of likely N-dealkylation sites (N-methyl/N-ethyl adjacent to an activating group) is 1. The molecule has 1 aromatic rings. The van der Waals surface area contributed by atoms with E-state index >= 15 is 0 Å². The average Bonchev–Trinajstić information content (AvgIpc) is 2.76. The minimum atomic E-state index is 0.0991. The van der Waals surface area contributed by atoms with Crippen LogP contribution in [0.15, 0.2) is 18.3 Å². The van der Waals surface area contributed by atoms with Gasteiger partial charge < -0.3 is 9.80 Å². The van der Waals surface area contributed by atoms with Crippen LogP contribution in [0.3, 0.4) is 0 Å². The van der Waals surface area contributed by atoms with Crippen molar-refractivity contribution >= 4 is 11.6 Å². The molecule has 1 atom stereocenters. The van der Waals surface area contributed by atoms with E-state index in [1.54, 1.807) is 19.2 Å². The summed E-state index contributed by atoms with van der Waals surface area (Å²) in [5, 5.41) is 0. The monoisotopic (exact) mass is 247 g/mol. The highest BCUT2D eigenvalue weighted by atomic mass is 16.1. The molecule has 1 aliphatic rings. The average molecular weight is 247 g/mol. The Kier molecular flexibility index (Phi) is 3.97. The molecule has 1 fully saturated rings. The molecule has 0 saturated carbocycles. The number of carbonyl (C=O) groups excluding carboxylic acids is 1. The van der Waals surface area contributed by atoms with Gasteiger partial charge in [0.05, 0.1) is 0 Å². The number of nitrogens with zero attached hydrogens (tertiary/aromatic N) is 3. The SMILES string of the molecule is CC(=O)c1ccnc(N2CCCC2CN(C)C)c1. The molecule has 98 valence electrons. The standard InChI is InChI=1S/C14H21N3O/c1-11(18)12-6-7-15-14(9-12)17-8-4-5-13(17)10-16(2)3/h6-7,9,13H,4-5,8,10H2,1-3H3. The summed E-state index contributed by atoms with van der Waals surface area (Å²) in [5.74, 6) is 1.04. The van der Waals surface area contributed by atoms with Crippen LogP contribution in [-0.4, -0.2) is 48.9 Å². The molecule has 1 aromatic heterocycles. The fraction of sp³-hybridized carbons (Fsp3) is 0.571. The number of hydrogen-bond acceptors (Lipinski definition) is 4. The minimum Gasteiger partial charge on any atom is -0.352 e. The van der Waals surface area contributed by atoms with Crippen molar-refractivity contribution < 1.29 is 4.79 Å². The van der Waals surface area contributed by atoms with E-state index in [9.17, 15) is 4.79 Å². The zero-order chi connectivity index (χ0) is 13.1. The van der Waals surface area contributed by atoms with Crippen molar-refractivity contribution in [2.75, 3.05) is 32.1 Å². The highest BCUT2D eigenvalue weighted by molar-refractivity contribution is 5.94. The maximum atomic E-state index is 11.4. The van der Waals surface area contributed by atoms with Gasteiger partial charge in [-0.15, -0.1) is 0 Å². The number of anilines is 1. The number of hydrogen-bond donors (Lipinski definition) is 0. The van der Waals surface area contributed by atoms with Gasteiger partial charge in [0.2, 0.25) is 0 Å². The first-order chi connectivity index (χ1) is 8.58. The zero-order valence-electron chi connectivity index (χ0n) is 11.4. The number of carbonyl (C=O) groups is 1. The number of aromatic nitrogens is 1. The fourth-order valence-corrected chi connectivity index (χ4v) is 2.54. The Morgan fingerprint density at radius 3 is 3.00 bits per heavy atom.